The molecule has 1 aliphatic rings. The largest absolute Gasteiger partial charge is 0.490 e. The summed E-state index contributed by atoms with van der Waals surface area (Å²) in [6, 6.07) is 9.86. The van der Waals surface area contributed by atoms with Crippen LogP contribution in [0.2, 0.25) is 5.02 Å². The smallest absolute Gasteiger partial charge is 0.255 e. The number of hydrogen-bond acceptors (Lipinski definition) is 4. The summed E-state index contributed by atoms with van der Waals surface area (Å²) < 4.78 is 11.2. The van der Waals surface area contributed by atoms with E-state index in [0.29, 0.717) is 46.7 Å². The number of amides is 2. The maximum absolute atomic E-state index is 12.4. The van der Waals surface area contributed by atoms with E-state index in [9.17, 15) is 9.59 Å². The van der Waals surface area contributed by atoms with Gasteiger partial charge in [0.2, 0.25) is 5.91 Å². The van der Waals surface area contributed by atoms with E-state index >= 15 is 0 Å². The fraction of sp³-hybridized carbons (Fsp3) is 0.222. The second-order valence-electron chi connectivity index (χ2n) is 5.54. The molecule has 2 aromatic rings. The third-order valence-corrected chi connectivity index (χ3v) is 3.87. The molecule has 1 heterocycles. The Kier molecular flexibility index (Phi) is 5.09. The van der Waals surface area contributed by atoms with Crippen LogP contribution in [-0.4, -0.2) is 25.0 Å². The van der Waals surface area contributed by atoms with Crippen LogP contribution in [0.15, 0.2) is 36.4 Å². The van der Waals surface area contributed by atoms with Gasteiger partial charge in [-0.05, 0) is 24.3 Å². The molecule has 25 heavy (non-hydrogen) atoms. The van der Waals surface area contributed by atoms with Gasteiger partial charge in [0.15, 0.2) is 11.5 Å². The average Bonchev–Trinajstić information content (AvgIpc) is 2.80. The zero-order valence-electron chi connectivity index (χ0n) is 13.6. The van der Waals surface area contributed by atoms with Gasteiger partial charge in [-0.1, -0.05) is 11.6 Å². The van der Waals surface area contributed by atoms with Crippen molar-refractivity contribution in [2.45, 2.75) is 13.3 Å². The van der Waals surface area contributed by atoms with E-state index in [0.717, 1.165) is 6.42 Å². The number of nitrogens with one attached hydrogen (secondary N) is 2. The summed E-state index contributed by atoms with van der Waals surface area (Å²) in [7, 11) is 0. The van der Waals surface area contributed by atoms with Crippen molar-refractivity contribution in [2.75, 3.05) is 23.8 Å². The minimum absolute atomic E-state index is 0.170. The number of rotatable bonds is 3. The molecular formula is C18H17ClN2O4. The third-order valence-electron chi connectivity index (χ3n) is 3.55. The van der Waals surface area contributed by atoms with Crippen LogP contribution in [0.3, 0.4) is 0 Å². The number of carbonyl (C=O) groups excluding carboxylic acids is 2. The van der Waals surface area contributed by atoms with Crippen molar-refractivity contribution in [1.82, 2.24) is 0 Å². The maximum atomic E-state index is 12.4. The van der Waals surface area contributed by atoms with Crippen molar-refractivity contribution in [3.05, 3.63) is 47.0 Å². The van der Waals surface area contributed by atoms with Gasteiger partial charge in [0.1, 0.15) is 0 Å². The summed E-state index contributed by atoms with van der Waals surface area (Å²) in [4.78, 5) is 23.4. The standard InChI is InChI=1S/C18H17ClN2O4/c1-11(22)20-13-5-3-12(4-6-13)18(23)21-15-10-17-16(9-14(15)19)24-7-2-8-25-17/h3-6,9-10H,2,7-8H2,1H3,(H,20,22)(H,21,23). The average molecular weight is 361 g/mol. The van der Waals surface area contributed by atoms with Crippen LogP contribution in [0.4, 0.5) is 11.4 Å². The van der Waals surface area contributed by atoms with Gasteiger partial charge in [0.05, 0.1) is 23.9 Å². The highest BCUT2D eigenvalue weighted by Crippen LogP contribution is 2.37. The summed E-state index contributed by atoms with van der Waals surface area (Å²) in [6.45, 7) is 2.54. The van der Waals surface area contributed by atoms with E-state index in [4.69, 9.17) is 21.1 Å². The van der Waals surface area contributed by atoms with E-state index in [1.807, 2.05) is 0 Å². The summed E-state index contributed by atoms with van der Waals surface area (Å²) in [6.07, 6.45) is 0.786. The number of ether oxygens (including phenoxy) is 2. The predicted octanol–water partition coefficient (Wildman–Crippen LogP) is 3.71. The summed E-state index contributed by atoms with van der Waals surface area (Å²) in [5.74, 6) is 0.639. The quantitative estimate of drug-likeness (QED) is 0.874. The van der Waals surface area contributed by atoms with Crippen molar-refractivity contribution in [3.8, 4) is 11.5 Å². The molecule has 6 nitrogen and oxygen atoms in total. The molecule has 0 bridgehead atoms. The second-order valence-corrected chi connectivity index (χ2v) is 5.95. The van der Waals surface area contributed by atoms with Crippen molar-refractivity contribution < 1.29 is 19.1 Å². The molecule has 0 unspecified atom stereocenters. The maximum Gasteiger partial charge on any atom is 0.255 e. The van der Waals surface area contributed by atoms with Crippen molar-refractivity contribution >= 4 is 34.8 Å². The molecule has 7 heteroatoms. The molecule has 0 saturated carbocycles. The minimum atomic E-state index is -0.314. The molecule has 0 fully saturated rings. The van der Waals surface area contributed by atoms with Crippen molar-refractivity contribution in [1.29, 1.82) is 0 Å². The first-order valence-electron chi connectivity index (χ1n) is 7.81. The zero-order valence-corrected chi connectivity index (χ0v) is 14.4. The van der Waals surface area contributed by atoms with Gasteiger partial charge < -0.3 is 20.1 Å². The van der Waals surface area contributed by atoms with Crippen LogP contribution in [0.25, 0.3) is 0 Å². The lowest BCUT2D eigenvalue weighted by atomic mass is 10.2. The third kappa shape index (κ3) is 4.22. The molecule has 0 spiro atoms. The van der Waals surface area contributed by atoms with Crippen molar-refractivity contribution in [3.63, 3.8) is 0 Å². The highest BCUT2D eigenvalue weighted by molar-refractivity contribution is 6.34. The summed E-state index contributed by atoms with van der Waals surface area (Å²) in [5.41, 5.74) is 1.51. The molecule has 0 radical (unpaired) electrons. The minimum Gasteiger partial charge on any atom is -0.490 e. The van der Waals surface area contributed by atoms with Crippen molar-refractivity contribution in [2.24, 2.45) is 0 Å². The van der Waals surface area contributed by atoms with Gasteiger partial charge in [-0.3, -0.25) is 9.59 Å². The highest BCUT2D eigenvalue weighted by Gasteiger charge is 2.16. The summed E-state index contributed by atoms with van der Waals surface area (Å²) >= 11 is 6.23. The number of anilines is 2. The van der Waals surface area contributed by atoms with Gasteiger partial charge >= 0.3 is 0 Å². The van der Waals surface area contributed by atoms with Gasteiger partial charge in [-0.2, -0.15) is 0 Å². The Morgan fingerprint density at radius 2 is 1.64 bits per heavy atom. The Hall–Kier alpha value is -2.73. The van der Waals surface area contributed by atoms with E-state index in [1.165, 1.54) is 6.92 Å². The monoisotopic (exact) mass is 360 g/mol. The van der Waals surface area contributed by atoms with E-state index in [2.05, 4.69) is 10.6 Å². The fourth-order valence-electron chi connectivity index (χ4n) is 2.38. The van der Waals surface area contributed by atoms with E-state index in [-0.39, 0.29) is 11.8 Å². The lowest BCUT2D eigenvalue weighted by Gasteiger charge is -2.12. The Balaban J connectivity index is 1.76. The van der Waals surface area contributed by atoms with E-state index in [1.54, 1.807) is 36.4 Å². The number of halogens is 1. The number of hydrogen-bond donors (Lipinski definition) is 2. The Morgan fingerprint density at radius 1 is 1.00 bits per heavy atom. The van der Waals surface area contributed by atoms with Gasteiger partial charge in [-0.25, -0.2) is 0 Å². The molecule has 0 aliphatic carbocycles. The molecule has 0 atom stereocenters. The number of carbonyl (C=O) groups is 2. The first kappa shape index (κ1) is 17.1. The lowest BCUT2D eigenvalue weighted by Crippen LogP contribution is -2.13. The van der Waals surface area contributed by atoms with Crippen LogP contribution >= 0.6 is 11.6 Å². The van der Waals surface area contributed by atoms with Gasteiger partial charge in [0.25, 0.3) is 5.91 Å². The normalized spacial score (nSPS) is 12.9. The number of benzene rings is 2. The van der Waals surface area contributed by atoms with Crippen LogP contribution in [0.1, 0.15) is 23.7 Å². The lowest BCUT2D eigenvalue weighted by molar-refractivity contribution is -0.114. The zero-order chi connectivity index (χ0) is 17.8. The molecule has 130 valence electrons. The molecule has 3 rings (SSSR count). The topological polar surface area (TPSA) is 76.7 Å². The van der Waals surface area contributed by atoms with Crippen LogP contribution < -0.4 is 20.1 Å². The van der Waals surface area contributed by atoms with Crippen LogP contribution in [0, 0.1) is 0 Å². The van der Waals surface area contributed by atoms with E-state index < -0.39 is 0 Å². The molecule has 2 amide bonds. The molecule has 0 saturated heterocycles. The molecule has 2 aromatic carbocycles. The highest BCUT2D eigenvalue weighted by atomic mass is 35.5. The predicted molar refractivity (Wildman–Crippen MR) is 95.8 cm³/mol. The molecule has 0 aromatic heterocycles. The summed E-state index contributed by atoms with van der Waals surface area (Å²) in [5, 5.41) is 5.78. The molecular weight excluding hydrogens is 344 g/mol. The Labute approximate surface area is 150 Å². The Bertz CT molecular complexity index is 805. The first-order chi connectivity index (χ1) is 12.0. The number of fused-ring (bicyclic) bond motifs is 1. The van der Waals surface area contributed by atoms with Gasteiger partial charge in [0, 0.05) is 36.7 Å². The van der Waals surface area contributed by atoms with Gasteiger partial charge in [-0.15, -0.1) is 0 Å². The Morgan fingerprint density at radius 3 is 2.28 bits per heavy atom. The molecule has 1 aliphatic heterocycles. The SMILES string of the molecule is CC(=O)Nc1ccc(C(=O)Nc2cc3c(cc2Cl)OCCCO3)cc1. The van der Waals surface area contributed by atoms with Crippen LogP contribution in [0.5, 0.6) is 11.5 Å². The first-order valence-corrected chi connectivity index (χ1v) is 8.19. The molecule has 2 N–H and O–H groups in total. The second kappa shape index (κ2) is 7.44. The van der Waals surface area contributed by atoms with Crippen LogP contribution in [-0.2, 0) is 4.79 Å². The fourth-order valence-corrected chi connectivity index (χ4v) is 2.58.